The van der Waals surface area contributed by atoms with Crippen LogP contribution in [0.5, 0.6) is 0 Å². The van der Waals surface area contributed by atoms with Gasteiger partial charge in [0.05, 0.1) is 4.75 Å². The summed E-state index contributed by atoms with van der Waals surface area (Å²) in [7, 11) is -3.12. The van der Waals surface area contributed by atoms with E-state index in [2.05, 4.69) is 5.38 Å². The first-order valence-electron chi connectivity index (χ1n) is 5.21. The normalized spacial score (nSPS) is 15.0. The Morgan fingerprint density at radius 1 is 1.50 bits per heavy atom. The van der Waals surface area contributed by atoms with Crippen molar-refractivity contribution in [3.05, 3.63) is 22.4 Å². The molecule has 0 radical (unpaired) electrons. The molecule has 5 heteroatoms. The van der Waals surface area contributed by atoms with Crippen LogP contribution in [0.3, 0.4) is 0 Å². The topological polar surface area (TPSA) is 60.2 Å². The molecule has 1 rings (SSSR count). The molecule has 0 bridgehead atoms. The molecule has 1 atom stereocenters. The number of hydrogen-bond donors (Lipinski definition) is 1. The standard InChI is InChI=1S/C11H19NO2S2/c1-11(2,16(3,13)14)10(12)5-4-9-6-7-15-8-9/h6-8,10H,4-5,12H2,1-3H3. The number of rotatable bonds is 5. The Morgan fingerprint density at radius 2 is 2.12 bits per heavy atom. The van der Waals surface area contributed by atoms with Crippen LogP contribution in [0.4, 0.5) is 0 Å². The maximum atomic E-state index is 11.6. The number of nitrogens with two attached hydrogens (primary N) is 1. The Balaban J connectivity index is 2.62. The molecule has 2 N–H and O–H groups in total. The van der Waals surface area contributed by atoms with Gasteiger partial charge in [0.2, 0.25) is 0 Å². The van der Waals surface area contributed by atoms with Crippen molar-refractivity contribution < 1.29 is 8.42 Å². The minimum atomic E-state index is -3.12. The molecule has 0 amide bonds. The van der Waals surface area contributed by atoms with Crippen molar-refractivity contribution in [1.82, 2.24) is 0 Å². The van der Waals surface area contributed by atoms with Gasteiger partial charge in [-0.05, 0) is 49.1 Å². The number of aryl methyl sites for hydroxylation is 1. The fraction of sp³-hybridized carbons (Fsp3) is 0.636. The van der Waals surface area contributed by atoms with Crippen LogP contribution in [0.2, 0.25) is 0 Å². The first-order valence-corrected chi connectivity index (χ1v) is 8.05. The summed E-state index contributed by atoms with van der Waals surface area (Å²) >= 11 is 1.65. The lowest BCUT2D eigenvalue weighted by atomic mass is 9.98. The molecule has 1 aromatic rings. The van der Waals surface area contributed by atoms with Crippen LogP contribution < -0.4 is 5.73 Å². The van der Waals surface area contributed by atoms with Crippen molar-refractivity contribution in [3.8, 4) is 0 Å². The highest BCUT2D eigenvalue weighted by Gasteiger charge is 2.36. The third-order valence-electron chi connectivity index (χ3n) is 3.17. The first kappa shape index (κ1) is 13.7. The monoisotopic (exact) mass is 261 g/mol. The summed E-state index contributed by atoms with van der Waals surface area (Å²) in [4.78, 5) is 0. The Labute approximate surface area is 102 Å². The Hall–Kier alpha value is -0.390. The molecule has 0 spiro atoms. The van der Waals surface area contributed by atoms with Crippen molar-refractivity contribution in [1.29, 1.82) is 0 Å². The Morgan fingerprint density at radius 3 is 2.56 bits per heavy atom. The van der Waals surface area contributed by atoms with Crippen LogP contribution in [0.15, 0.2) is 16.8 Å². The average molecular weight is 261 g/mol. The van der Waals surface area contributed by atoms with Gasteiger partial charge in [0, 0.05) is 12.3 Å². The van der Waals surface area contributed by atoms with Crippen molar-refractivity contribution in [2.24, 2.45) is 5.73 Å². The molecule has 3 nitrogen and oxygen atoms in total. The lowest BCUT2D eigenvalue weighted by molar-refractivity contribution is 0.463. The van der Waals surface area contributed by atoms with Gasteiger partial charge in [0.1, 0.15) is 0 Å². The highest BCUT2D eigenvalue weighted by Crippen LogP contribution is 2.22. The zero-order valence-corrected chi connectivity index (χ0v) is 11.6. The molecule has 16 heavy (non-hydrogen) atoms. The van der Waals surface area contributed by atoms with Gasteiger partial charge in [-0.3, -0.25) is 0 Å². The van der Waals surface area contributed by atoms with E-state index in [1.54, 1.807) is 25.2 Å². The van der Waals surface area contributed by atoms with E-state index in [-0.39, 0.29) is 6.04 Å². The van der Waals surface area contributed by atoms with E-state index in [4.69, 9.17) is 5.73 Å². The van der Waals surface area contributed by atoms with E-state index < -0.39 is 14.6 Å². The second-order valence-electron chi connectivity index (χ2n) is 4.65. The third-order valence-corrected chi connectivity index (χ3v) is 6.12. The molecule has 1 aromatic heterocycles. The highest BCUT2D eigenvalue weighted by molar-refractivity contribution is 7.92. The summed E-state index contributed by atoms with van der Waals surface area (Å²) in [5, 5.41) is 4.09. The zero-order valence-electron chi connectivity index (χ0n) is 9.93. The fourth-order valence-electron chi connectivity index (χ4n) is 1.38. The van der Waals surface area contributed by atoms with E-state index >= 15 is 0 Å². The van der Waals surface area contributed by atoms with Gasteiger partial charge in [-0.15, -0.1) is 0 Å². The number of hydrogen-bond acceptors (Lipinski definition) is 4. The minimum Gasteiger partial charge on any atom is -0.326 e. The van der Waals surface area contributed by atoms with Crippen LogP contribution in [0.1, 0.15) is 25.8 Å². The van der Waals surface area contributed by atoms with Crippen molar-refractivity contribution >= 4 is 21.2 Å². The number of sulfone groups is 1. The van der Waals surface area contributed by atoms with Crippen molar-refractivity contribution in [3.63, 3.8) is 0 Å². The predicted molar refractivity (Wildman–Crippen MR) is 69.5 cm³/mol. The molecule has 0 fully saturated rings. The second-order valence-corrected chi connectivity index (χ2v) is 8.03. The molecule has 0 aliphatic carbocycles. The largest absolute Gasteiger partial charge is 0.326 e. The SMILES string of the molecule is CC(C)(C(N)CCc1ccsc1)S(C)(=O)=O. The van der Waals surface area contributed by atoms with Gasteiger partial charge in [-0.1, -0.05) is 0 Å². The van der Waals surface area contributed by atoms with Gasteiger partial charge < -0.3 is 5.73 Å². The summed E-state index contributed by atoms with van der Waals surface area (Å²) in [6.07, 6.45) is 2.78. The van der Waals surface area contributed by atoms with Crippen LogP contribution in [0, 0.1) is 0 Å². The van der Waals surface area contributed by atoms with Gasteiger partial charge in [-0.25, -0.2) is 8.42 Å². The third kappa shape index (κ3) is 3.06. The minimum absolute atomic E-state index is 0.331. The molecular weight excluding hydrogens is 242 g/mol. The lowest BCUT2D eigenvalue weighted by Gasteiger charge is -2.29. The maximum absolute atomic E-state index is 11.6. The molecule has 0 saturated heterocycles. The summed E-state index contributed by atoms with van der Waals surface area (Å²) in [5.74, 6) is 0. The molecule has 0 aliphatic rings. The molecule has 1 heterocycles. The summed E-state index contributed by atoms with van der Waals surface area (Å²) < 4.78 is 22.3. The van der Waals surface area contributed by atoms with E-state index in [9.17, 15) is 8.42 Å². The van der Waals surface area contributed by atoms with E-state index in [1.807, 2.05) is 11.4 Å². The second kappa shape index (κ2) is 4.85. The number of thiophene rings is 1. The fourth-order valence-corrected chi connectivity index (χ4v) is 2.75. The van der Waals surface area contributed by atoms with Crippen molar-refractivity contribution in [2.45, 2.75) is 37.5 Å². The van der Waals surface area contributed by atoms with Crippen LogP contribution in [-0.4, -0.2) is 25.5 Å². The van der Waals surface area contributed by atoms with Gasteiger partial charge >= 0.3 is 0 Å². The quantitative estimate of drug-likeness (QED) is 0.879. The van der Waals surface area contributed by atoms with Gasteiger partial charge in [0.25, 0.3) is 0 Å². The van der Waals surface area contributed by atoms with Crippen LogP contribution >= 0.6 is 11.3 Å². The molecule has 0 aliphatic heterocycles. The highest BCUT2D eigenvalue weighted by atomic mass is 32.2. The van der Waals surface area contributed by atoms with E-state index in [1.165, 1.54) is 11.8 Å². The zero-order chi connectivity index (χ0) is 12.4. The summed E-state index contributed by atoms with van der Waals surface area (Å²) in [6.45, 7) is 3.39. The Kier molecular flexibility index (Phi) is 4.15. The predicted octanol–water partition coefficient (Wildman–Crippen LogP) is 1.83. The van der Waals surface area contributed by atoms with Gasteiger partial charge in [-0.2, -0.15) is 11.3 Å². The van der Waals surface area contributed by atoms with Crippen LogP contribution in [0.25, 0.3) is 0 Å². The van der Waals surface area contributed by atoms with E-state index in [0.717, 1.165) is 6.42 Å². The average Bonchev–Trinajstić information content (AvgIpc) is 2.64. The van der Waals surface area contributed by atoms with Crippen molar-refractivity contribution in [2.75, 3.05) is 6.26 Å². The van der Waals surface area contributed by atoms with Gasteiger partial charge in [0.15, 0.2) is 9.84 Å². The Bertz CT molecular complexity index is 421. The molecular formula is C11H19NO2S2. The molecule has 0 saturated carbocycles. The van der Waals surface area contributed by atoms with Crippen LogP contribution in [-0.2, 0) is 16.3 Å². The first-order chi connectivity index (χ1) is 7.25. The maximum Gasteiger partial charge on any atom is 0.154 e. The smallest absolute Gasteiger partial charge is 0.154 e. The molecule has 0 aromatic carbocycles. The molecule has 92 valence electrons. The summed E-state index contributed by atoms with van der Waals surface area (Å²) in [6, 6.07) is 1.72. The lowest BCUT2D eigenvalue weighted by Crippen LogP contribution is -2.48. The summed E-state index contributed by atoms with van der Waals surface area (Å²) in [5.41, 5.74) is 7.21. The molecule has 1 unspecified atom stereocenters. The van der Waals surface area contributed by atoms with E-state index in [0.29, 0.717) is 6.42 Å².